The van der Waals surface area contributed by atoms with Crippen molar-refractivity contribution in [1.29, 1.82) is 0 Å². The van der Waals surface area contributed by atoms with Crippen molar-refractivity contribution in [2.24, 2.45) is 5.92 Å². The average molecular weight is 458 g/mol. The van der Waals surface area contributed by atoms with Gasteiger partial charge in [-0.15, -0.1) is 0 Å². The Bertz CT molecular complexity index is 932. The van der Waals surface area contributed by atoms with E-state index in [1.54, 1.807) is 19.2 Å². The molecule has 2 aromatic rings. The van der Waals surface area contributed by atoms with Crippen LogP contribution >= 0.6 is 12.2 Å². The quantitative estimate of drug-likeness (QED) is 0.612. The molecule has 172 valence electrons. The second-order valence-corrected chi connectivity index (χ2v) is 9.50. The Morgan fingerprint density at radius 1 is 1.22 bits per heavy atom. The van der Waals surface area contributed by atoms with Crippen LogP contribution in [0, 0.1) is 11.7 Å². The smallest absolute Gasteiger partial charge is 0.234 e. The van der Waals surface area contributed by atoms with Crippen LogP contribution in [0.4, 0.5) is 16.2 Å². The van der Waals surface area contributed by atoms with Gasteiger partial charge in [0.1, 0.15) is 11.6 Å². The van der Waals surface area contributed by atoms with Crippen LogP contribution in [-0.4, -0.2) is 41.8 Å². The molecule has 8 heteroatoms. The maximum atomic E-state index is 13.4. The molecule has 1 atom stereocenters. The number of piperidine rings is 1. The third kappa shape index (κ3) is 5.28. The number of aromatic nitrogens is 2. The Kier molecular flexibility index (Phi) is 7.08. The van der Waals surface area contributed by atoms with E-state index >= 15 is 0 Å². The molecule has 2 aliphatic rings. The maximum Gasteiger partial charge on any atom is 0.234 e. The largest absolute Gasteiger partial charge is 0.481 e. The second kappa shape index (κ2) is 9.98. The summed E-state index contributed by atoms with van der Waals surface area (Å²) in [7, 11) is 1.61. The molecule has 4 rings (SSSR count). The lowest BCUT2D eigenvalue weighted by atomic mass is 9.79. The van der Waals surface area contributed by atoms with Gasteiger partial charge in [-0.05, 0) is 61.5 Å². The first-order valence-electron chi connectivity index (χ1n) is 11.5. The third-order valence-electron chi connectivity index (χ3n) is 6.71. The first-order chi connectivity index (χ1) is 15.5. The van der Waals surface area contributed by atoms with E-state index in [-0.39, 0.29) is 11.2 Å². The molecule has 32 heavy (non-hydrogen) atoms. The van der Waals surface area contributed by atoms with Crippen molar-refractivity contribution in [3.05, 3.63) is 41.7 Å². The standard InChI is InChI=1S/C24H32FN5OS/c1-17-6-5-13-30(15-17)20-14-21(31-2)28-22(27-20)29-23(32)26-16-24(11-3-4-12-24)18-7-9-19(25)10-8-18/h7-10,14,17H,3-6,11-13,15-16H2,1-2H3,(H2,26,27,28,29,32)/t17-/m0/s1. The van der Waals surface area contributed by atoms with E-state index in [1.165, 1.54) is 6.42 Å². The molecule has 2 fully saturated rings. The summed E-state index contributed by atoms with van der Waals surface area (Å²) in [5, 5.41) is 6.98. The summed E-state index contributed by atoms with van der Waals surface area (Å²) in [6.45, 7) is 4.91. The number of hydrogen-bond acceptors (Lipinski definition) is 5. The van der Waals surface area contributed by atoms with Gasteiger partial charge in [-0.2, -0.15) is 9.97 Å². The first-order valence-corrected chi connectivity index (χ1v) is 11.9. The van der Waals surface area contributed by atoms with Gasteiger partial charge in [0.2, 0.25) is 11.8 Å². The van der Waals surface area contributed by atoms with E-state index in [1.807, 2.05) is 18.2 Å². The molecular weight excluding hydrogens is 425 g/mol. The highest BCUT2D eigenvalue weighted by molar-refractivity contribution is 7.80. The van der Waals surface area contributed by atoms with E-state index < -0.39 is 0 Å². The predicted octanol–water partition coefficient (Wildman–Crippen LogP) is 4.66. The Hall–Kier alpha value is -2.48. The average Bonchev–Trinajstić information content (AvgIpc) is 3.28. The normalized spacial score (nSPS) is 20.1. The fourth-order valence-electron chi connectivity index (χ4n) is 4.95. The zero-order valence-corrected chi connectivity index (χ0v) is 19.7. The number of benzene rings is 1. The van der Waals surface area contributed by atoms with Crippen LogP contribution in [0.3, 0.4) is 0 Å². The number of halogens is 1. The van der Waals surface area contributed by atoms with E-state index in [2.05, 4.69) is 27.4 Å². The minimum absolute atomic E-state index is 0.0379. The van der Waals surface area contributed by atoms with Crippen molar-refractivity contribution in [2.75, 3.05) is 37.0 Å². The molecule has 6 nitrogen and oxygen atoms in total. The lowest BCUT2D eigenvalue weighted by Gasteiger charge is -2.32. The van der Waals surface area contributed by atoms with Gasteiger partial charge in [0.15, 0.2) is 5.11 Å². The highest BCUT2D eigenvalue weighted by Crippen LogP contribution is 2.40. The molecule has 1 aliphatic carbocycles. The Labute approximate surface area is 195 Å². The Morgan fingerprint density at radius 3 is 2.66 bits per heavy atom. The molecule has 1 aliphatic heterocycles. The van der Waals surface area contributed by atoms with Crippen LogP contribution in [0.25, 0.3) is 0 Å². The van der Waals surface area contributed by atoms with E-state index in [0.29, 0.717) is 29.4 Å². The molecule has 0 spiro atoms. The number of ether oxygens (including phenoxy) is 1. The van der Waals surface area contributed by atoms with E-state index in [0.717, 1.165) is 56.6 Å². The molecule has 0 radical (unpaired) electrons. The Morgan fingerprint density at radius 2 is 1.97 bits per heavy atom. The minimum atomic E-state index is -0.207. The first kappa shape index (κ1) is 22.7. The van der Waals surface area contributed by atoms with Crippen LogP contribution in [0.2, 0.25) is 0 Å². The number of hydrogen-bond donors (Lipinski definition) is 2. The van der Waals surface area contributed by atoms with Crippen LogP contribution in [0.15, 0.2) is 30.3 Å². The molecule has 1 aromatic heterocycles. The van der Waals surface area contributed by atoms with Crippen molar-refractivity contribution in [3.8, 4) is 5.88 Å². The van der Waals surface area contributed by atoms with Gasteiger partial charge >= 0.3 is 0 Å². The number of methoxy groups -OCH3 is 1. The third-order valence-corrected chi connectivity index (χ3v) is 6.96. The molecule has 2 N–H and O–H groups in total. The molecule has 1 saturated carbocycles. The maximum absolute atomic E-state index is 13.4. The van der Waals surface area contributed by atoms with Crippen molar-refractivity contribution < 1.29 is 9.13 Å². The fourth-order valence-corrected chi connectivity index (χ4v) is 5.11. The van der Waals surface area contributed by atoms with Crippen molar-refractivity contribution >= 4 is 29.1 Å². The predicted molar refractivity (Wildman–Crippen MR) is 130 cm³/mol. The summed E-state index contributed by atoms with van der Waals surface area (Å²) in [6.07, 6.45) is 6.84. The summed E-state index contributed by atoms with van der Waals surface area (Å²) in [4.78, 5) is 11.4. The molecule has 1 saturated heterocycles. The highest BCUT2D eigenvalue weighted by atomic mass is 32.1. The molecule has 2 heterocycles. The number of nitrogens with zero attached hydrogens (tertiary/aromatic N) is 3. The van der Waals surface area contributed by atoms with Crippen LogP contribution in [0.1, 0.15) is 51.0 Å². The lowest BCUT2D eigenvalue weighted by Crippen LogP contribution is -2.41. The molecule has 1 aromatic carbocycles. The summed E-state index contributed by atoms with van der Waals surface area (Å²) in [5.74, 6) is 2.22. The van der Waals surface area contributed by atoms with Crippen LogP contribution in [0.5, 0.6) is 5.88 Å². The van der Waals surface area contributed by atoms with Gasteiger partial charge in [0.05, 0.1) is 7.11 Å². The highest BCUT2D eigenvalue weighted by Gasteiger charge is 2.35. The zero-order valence-electron chi connectivity index (χ0n) is 18.9. The number of nitrogens with one attached hydrogen (secondary N) is 2. The van der Waals surface area contributed by atoms with Gasteiger partial charge in [0, 0.05) is 31.1 Å². The minimum Gasteiger partial charge on any atom is -0.481 e. The number of anilines is 2. The zero-order chi connectivity index (χ0) is 22.6. The molecular formula is C24H32FN5OS. The van der Waals surface area contributed by atoms with Crippen molar-refractivity contribution in [2.45, 2.75) is 50.9 Å². The van der Waals surface area contributed by atoms with Gasteiger partial charge in [-0.1, -0.05) is 31.9 Å². The van der Waals surface area contributed by atoms with E-state index in [9.17, 15) is 4.39 Å². The topological polar surface area (TPSA) is 62.3 Å². The monoisotopic (exact) mass is 457 g/mol. The Balaban J connectivity index is 1.44. The molecule has 0 bridgehead atoms. The van der Waals surface area contributed by atoms with Crippen LogP contribution < -0.4 is 20.3 Å². The van der Waals surface area contributed by atoms with Gasteiger partial charge in [0.25, 0.3) is 0 Å². The summed E-state index contributed by atoms with van der Waals surface area (Å²) in [6, 6.07) is 8.76. The summed E-state index contributed by atoms with van der Waals surface area (Å²) >= 11 is 5.57. The van der Waals surface area contributed by atoms with Gasteiger partial charge in [-0.25, -0.2) is 4.39 Å². The van der Waals surface area contributed by atoms with Crippen molar-refractivity contribution in [1.82, 2.24) is 15.3 Å². The van der Waals surface area contributed by atoms with Gasteiger partial charge < -0.3 is 20.3 Å². The summed E-state index contributed by atoms with van der Waals surface area (Å²) < 4.78 is 18.8. The molecule has 0 unspecified atom stereocenters. The molecule has 0 amide bonds. The second-order valence-electron chi connectivity index (χ2n) is 9.09. The van der Waals surface area contributed by atoms with Crippen LogP contribution in [-0.2, 0) is 5.41 Å². The van der Waals surface area contributed by atoms with Crippen molar-refractivity contribution in [3.63, 3.8) is 0 Å². The number of rotatable bonds is 6. The SMILES string of the molecule is COc1cc(N2CCC[C@H](C)C2)nc(NC(=S)NCC2(c3ccc(F)cc3)CCCC2)n1. The number of thiocarbonyl (C=S) groups is 1. The lowest BCUT2D eigenvalue weighted by molar-refractivity contribution is 0.396. The van der Waals surface area contributed by atoms with E-state index in [4.69, 9.17) is 21.9 Å². The summed E-state index contributed by atoms with van der Waals surface area (Å²) in [5.41, 5.74) is 1.12. The fraction of sp³-hybridized carbons (Fsp3) is 0.542. The van der Waals surface area contributed by atoms with Gasteiger partial charge in [-0.3, -0.25) is 0 Å².